The fraction of sp³-hybridized carbons (Fsp3) is 1.00. The fourth-order valence-corrected chi connectivity index (χ4v) is 0.792. The van der Waals surface area contributed by atoms with E-state index in [1.807, 2.05) is 6.92 Å². The molecule has 0 aliphatic carbocycles. The van der Waals surface area contributed by atoms with Crippen LogP contribution in [-0.4, -0.2) is 43.3 Å². The Kier molecular flexibility index (Phi) is 10.1. The summed E-state index contributed by atoms with van der Waals surface area (Å²) in [6.45, 7) is 3.29. The van der Waals surface area contributed by atoms with E-state index < -0.39 is 0 Å². The Hall–Kier alpha value is 0.0569. The molecule has 0 N–H and O–H groups in total. The SMILES string of the molecule is CCOCO[Si]COCOC. The summed E-state index contributed by atoms with van der Waals surface area (Å²) < 4.78 is 19.6. The van der Waals surface area contributed by atoms with Crippen molar-refractivity contribution >= 4 is 9.76 Å². The van der Waals surface area contributed by atoms with Gasteiger partial charge in [0.15, 0.2) is 0 Å². The van der Waals surface area contributed by atoms with Crippen molar-refractivity contribution in [2.24, 2.45) is 0 Å². The maximum Gasteiger partial charge on any atom is 0.261 e. The normalized spacial score (nSPS) is 10.4. The predicted molar refractivity (Wildman–Crippen MR) is 41.2 cm³/mol. The number of hydrogen-bond donors (Lipinski definition) is 0. The van der Waals surface area contributed by atoms with Crippen LogP contribution in [0.3, 0.4) is 0 Å². The topological polar surface area (TPSA) is 36.9 Å². The van der Waals surface area contributed by atoms with E-state index in [1.54, 1.807) is 7.11 Å². The third kappa shape index (κ3) is 10.1. The van der Waals surface area contributed by atoms with Crippen LogP contribution in [0.2, 0.25) is 0 Å². The Morgan fingerprint density at radius 2 is 2.00 bits per heavy atom. The molecular weight excluding hydrogens is 164 g/mol. The average molecular weight is 178 g/mol. The first-order valence-corrected chi connectivity index (χ1v) is 4.52. The first-order valence-electron chi connectivity index (χ1n) is 3.41. The van der Waals surface area contributed by atoms with Crippen LogP contribution in [0.4, 0.5) is 0 Å². The van der Waals surface area contributed by atoms with Crippen molar-refractivity contribution < 1.29 is 18.6 Å². The molecule has 0 heterocycles. The van der Waals surface area contributed by atoms with Gasteiger partial charge in [0.05, 0.1) is 6.23 Å². The molecule has 5 heteroatoms. The van der Waals surface area contributed by atoms with E-state index in [0.717, 1.165) is 0 Å². The van der Waals surface area contributed by atoms with Gasteiger partial charge >= 0.3 is 0 Å². The predicted octanol–water partition coefficient (Wildman–Crippen LogP) is 0.194. The molecule has 0 spiro atoms. The molecule has 0 aliphatic heterocycles. The Bertz CT molecular complexity index is 63.6. The van der Waals surface area contributed by atoms with E-state index in [-0.39, 0.29) is 0 Å². The molecule has 0 unspecified atom stereocenters. The van der Waals surface area contributed by atoms with E-state index in [9.17, 15) is 0 Å². The molecule has 0 aromatic heterocycles. The minimum absolute atomic E-state index is 0.324. The lowest BCUT2D eigenvalue weighted by Gasteiger charge is -2.02. The molecule has 66 valence electrons. The standard InChI is InChI=1S/C6H14O4Si/c1-3-8-5-10-11-6-9-4-7-2/h3-6H2,1-2H3. The highest BCUT2D eigenvalue weighted by Gasteiger charge is 1.90. The van der Waals surface area contributed by atoms with Crippen LogP contribution in [0, 0.1) is 0 Å². The van der Waals surface area contributed by atoms with Gasteiger partial charge in [0.1, 0.15) is 13.6 Å². The van der Waals surface area contributed by atoms with Crippen LogP contribution < -0.4 is 0 Å². The smallest absolute Gasteiger partial charge is 0.261 e. The van der Waals surface area contributed by atoms with Gasteiger partial charge in [0.25, 0.3) is 9.76 Å². The molecule has 0 aromatic carbocycles. The van der Waals surface area contributed by atoms with Crippen molar-refractivity contribution in [3.8, 4) is 0 Å². The molecule has 0 fully saturated rings. The zero-order valence-electron chi connectivity index (χ0n) is 6.96. The largest absolute Gasteiger partial charge is 0.393 e. The molecule has 0 saturated heterocycles. The summed E-state index contributed by atoms with van der Waals surface area (Å²) in [7, 11) is 1.91. The third-order valence-electron chi connectivity index (χ3n) is 0.811. The summed E-state index contributed by atoms with van der Waals surface area (Å²) in [6.07, 6.45) is 0.570. The second kappa shape index (κ2) is 10.1. The number of ether oxygens (including phenoxy) is 3. The zero-order valence-corrected chi connectivity index (χ0v) is 7.96. The van der Waals surface area contributed by atoms with Crippen LogP contribution in [-0.2, 0) is 18.6 Å². The molecular formula is C6H14O4Si. The van der Waals surface area contributed by atoms with Crippen molar-refractivity contribution in [3.05, 3.63) is 0 Å². The lowest BCUT2D eigenvalue weighted by Crippen LogP contribution is -2.11. The van der Waals surface area contributed by atoms with Gasteiger partial charge in [-0.05, 0) is 6.92 Å². The monoisotopic (exact) mass is 178 g/mol. The average Bonchev–Trinajstić information content (AvgIpc) is 2.03. The zero-order chi connectivity index (χ0) is 8.36. The van der Waals surface area contributed by atoms with Crippen molar-refractivity contribution in [1.29, 1.82) is 0 Å². The molecule has 0 atom stereocenters. The second-order valence-electron chi connectivity index (χ2n) is 1.65. The molecule has 2 radical (unpaired) electrons. The van der Waals surface area contributed by atoms with Gasteiger partial charge in [-0.1, -0.05) is 0 Å². The van der Waals surface area contributed by atoms with Gasteiger partial charge in [-0.15, -0.1) is 0 Å². The van der Waals surface area contributed by atoms with Crippen LogP contribution in [0.1, 0.15) is 6.92 Å². The van der Waals surface area contributed by atoms with Crippen LogP contribution in [0.15, 0.2) is 0 Å². The molecule has 0 bridgehead atoms. The van der Waals surface area contributed by atoms with E-state index in [0.29, 0.717) is 36.2 Å². The van der Waals surface area contributed by atoms with E-state index >= 15 is 0 Å². The highest BCUT2D eigenvalue weighted by molar-refractivity contribution is 6.26. The van der Waals surface area contributed by atoms with Crippen molar-refractivity contribution in [3.63, 3.8) is 0 Å². The quantitative estimate of drug-likeness (QED) is 0.302. The van der Waals surface area contributed by atoms with Gasteiger partial charge in [-0.3, -0.25) is 0 Å². The van der Waals surface area contributed by atoms with Crippen molar-refractivity contribution in [2.75, 3.05) is 33.5 Å². The van der Waals surface area contributed by atoms with E-state index in [4.69, 9.17) is 13.9 Å². The third-order valence-corrected chi connectivity index (χ3v) is 1.45. The Labute approximate surface area is 69.7 Å². The number of rotatable bonds is 8. The summed E-state index contributed by atoms with van der Waals surface area (Å²) in [4.78, 5) is 0. The summed E-state index contributed by atoms with van der Waals surface area (Å²) in [5, 5.41) is 0. The summed E-state index contributed by atoms with van der Waals surface area (Å²) >= 11 is 0. The number of hydrogen-bond acceptors (Lipinski definition) is 4. The molecule has 0 aliphatic rings. The Balaban J connectivity index is 2.69. The minimum Gasteiger partial charge on any atom is -0.393 e. The molecule has 0 aromatic rings. The maximum absolute atomic E-state index is 5.05. The van der Waals surface area contributed by atoms with Gasteiger partial charge in [-0.25, -0.2) is 0 Å². The Morgan fingerprint density at radius 1 is 1.18 bits per heavy atom. The van der Waals surface area contributed by atoms with Gasteiger partial charge in [0, 0.05) is 13.7 Å². The molecule has 11 heavy (non-hydrogen) atoms. The van der Waals surface area contributed by atoms with Crippen LogP contribution in [0.25, 0.3) is 0 Å². The summed E-state index contributed by atoms with van der Waals surface area (Å²) in [5.41, 5.74) is 0. The van der Waals surface area contributed by atoms with E-state index in [1.165, 1.54) is 0 Å². The Morgan fingerprint density at radius 3 is 2.64 bits per heavy atom. The van der Waals surface area contributed by atoms with E-state index in [2.05, 4.69) is 4.74 Å². The molecule has 0 saturated carbocycles. The lowest BCUT2D eigenvalue weighted by atomic mass is 10.9. The first kappa shape index (κ1) is 11.1. The summed E-state index contributed by atoms with van der Waals surface area (Å²) in [6, 6.07) is 0. The fourth-order valence-electron chi connectivity index (χ4n) is 0.375. The van der Waals surface area contributed by atoms with Gasteiger partial charge in [-0.2, -0.15) is 0 Å². The van der Waals surface area contributed by atoms with Crippen LogP contribution >= 0.6 is 0 Å². The molecule has 0 amide bonds. The number of methoxy groups -OCH3 is 1. The lowest BCUT2D eigenvalue weighted by molar-refractivity contribution is -0.0217. The maximum atomic E-state index is 5.05. The summed E-state index contributed by atoms with van der Waals surface area (Å²) in [5.74, 6) is 0. The molecule has 4 nitrogen and oxygen atoms in total. The highest BCUT2D eigenvalue weighted by atomic mass is 28.2. The minimum atomic E-state index is 0.324. The van der Waals surface area contributed by atoms with Crippen molar-refractivity contribution in [2.45, 2.75) is 6.92 Å². The van der Waals surface area contributed by atoms with Gasteiger partial charge in [0.2, 0.25) is 0 Å². The first-order chi connectivity index (χ1) is 5.41. The van der Waals surface area contributed by atoms with Gasteiger partial charge < -0.3 is 18.6 Å². The second-order valence-corrected chi connectivity index (χ2v) is 2.52. The molecule has 0 rings (SSSR count). The van der Waals surface area contributed by atoms with Crippen molar-refractivity contribution in [1.82, 2.24) is 0 Å². The highest BCUT2D eigenvalue weighted by Crippen LogP contribution is 1.77. The van der Waals surface area contributed by atoms with Crippen LogP contribution in [0.5, 0.6) is 0 Å².